The van der Waals surface area contributed by atoms with Crippen molar-refractivity contribution in [3.8, 4) is 5.75 Å². The molecule has 1 aromatic carbocycles. The van der Waals surface area contributed by atoms with E-state index >= 15 is 0 Å². The molecule has 1 aromatic rings. The zero-order chi connectivity index (χ0) is 14.6. The van der Waals surface area contributed by atoms with Gasteiger partial charge in [0, 0.05) is 6.08 Å². The van der Waals surface area contributed by atoms with Crippen LogP contribution in [0.5, 0.6) is 5.75 Å². The summed E-state index contributed by atoms with van der Waals surface area (Å²) in [6.07, 6.45) is 10.2. The second-order valence-corrected chi connectivity index (χ2v) is 4.86. The molecule has 20 heavy (non-hydrogen) atoms. The van der Waals surface area contributed by atoms with Gasteiger partial charge in [0.2, 0.25) is 0 Å². The Hall–Kier alpha value is -1.77. The van der Waals surface area contributed by atoms with Gasteiger partial charge in [0.05, 0.1) is 6.61 Å². The predicted octanol–water partition coefficient (Wildman–Crippen LogP) is 4.52. The summed E-state index contributed by atoms with van der Waals surface area (Å²) in [7, 11) is 0. The van der Waals surface area contributed by atoms with Gasteiger partial charge in [0.15, 0.2) is 0 Å². The molecule has 1 rings (SSSR count). The van der Waals surface area contributed by atoms with E-state index in [-0.39, 0.29) is 0 Å². The molecule has 0 atom stereocenters. The highest BCUT2D eigenvalue weighted by atomic mass is 16.5. The van der Waals surface area contributed by atoms with Gasteiger partial charge in [-0.25, -0.2) is 4.79 Å². The van der Waals surface area contributed by atoms with E-state index in [0.717, 1.165) is 30.4 Å². The van der Waals surface area contributed by atoms with Crippen molar-refractivity contribution >= 4 is 12.0 Å². The number of hydrogen-bond donors (Lipinski definition) is 1. The number of aliphatic carboxylic acids is 1. The average molecular weight is 276 g/mol. The lowest BCUT2D eigenvalue weighted by Gasteiger charge is -2.06. The molecule has 0 amide bonds. The Bertz CT molecular complexity index is 424. The summed E-state index contributed by atoms with van der Waals surface area (Å²) in [6.45, 7) is 2.94. The van der Waals surface area contributed by atoms with Gasteiger partial charge in [0.25, 0.3) is 0 Å². The van der Waals surface area contributed by atoms with Gasteiger partial charge in [-0.15, -0.1) is 0 Å². The van der Waals surface area contributed by atoms with Crippen LogP contribution in [0.2, 0.25) is 0 Å². The molecule has 0 fully saturated rings. The summed E-state index contributed by atoms with van der Waals surface area (Å²) >= 11 is 0. The summed E-state index contributed by atoms with van der Waals surface area (Å²) in [5.74, 6) is -0.144. The molecular formula is C17H24O3. The SMILES string of the molecule is CCCCCCCCOc1cccc(/C=C/C(=O)O)c1. The Morgan fingerprint density at radius 2 is 1.95 bits per heavy atom. The number of carboxylic acid groups (broad SMARTS) is 1. The second-order valence-electron chi connectivity index (χ2n) is 4.86. The first-order valence-corrected chi connectivity index (χ1v) is 7.36. The van der Waals surface area contributed by atoms with E-state index in [4.69, 9.17) is 9.84 Å². The van der Waals surface area contributed by atoms with E-state index in [1.165, 1.54) is 32.1 Å². The van der Waals surface area contributed by atoms with Crippen molar-refractivity contribution < 1.29 is 14.6 Å². The maximum atomic E-state index is 10.5. The minimum absolute atomic E-state index is 0.720. The monoisotopic (exact) mass is 276 g/mol. The van der Waals surface area contributed by atoms with Gasteiger partial charge in [-0.05, 0) is 30.2 Å². The highest BCUT2D eigenvalue weighted by molar-refractivity contribution is 5.85. The van der Waals surface area contributed by atoms with Crippen LogP contribution in [0.25, 0.3) is 6.08 Å². The summed E-state index contributed by atoms with van der Waals surface area (Å²) < 4.78 is 5.68. The second kappa shape index (κ2) is 10.1. The zero-order valence-corrected chi connectivity index (χ0v) is 12.2. The molecule has 3 heteroatoms. The maximum absolute atomic E-state index is 10.5. The molecule has 3 nitrogen and oxygen atoms in total. The molecule has 0 unspecified atom stereocenters. The molecule has 0 heterocycles. The number of carbonyl (C=O) groups is 1. The van der Waals surface area contributed by atoms with Gasteiger partial charge in [-0.1, -0.05) is 51.2 Å². The third-order valence-corrected chi connectivity index (χ3v) is 3.04. The molecule has 0 saturated heterocycles. The van der Waals surface area contributed by atoms with Crippen LogP contribution >= 0.6 is 0 Å². The van der Waals surface area contributed by atoms with Crippen molar-refractivity contribution in [2.45, 2.75) is 45.4 Å². The minimum Gasteiger partial charge on any atom is -0.494 e. The molecule has 0 bridgehead atoms. The smallest absolute Gasteiger partial charge is 0.328 e. The molecule has 0 aliphatic rings. The number of ether oxygens (including phenoxy) is 1. The molecule has 0 radical (unpaired) electrons. The summed E-state index contributed by atoms with van der Waals surface area (Å²) in [6, 6.07) is 7.49. The summed E-state index contributed by atoms with van der Waals surface area (Å²) in [5.41, 5.74) is 0.841. The van der Waals surface area contributed by atoms with E-state index in [9.17, 15) is 4.79 Å². The van der Waals surface area contributed by atoms with Gasteiger partial charge in [-0.2, -0.15) is 0 Å². The van der Waals surface area contributed by atoms with Gasteiger partial charge >= 0.3 is 5.97 Å². The Balaban J connectivity index is 2.26. The number of benzene rings is 1. The normalized spacial score (nSPS) is 10.8. The highest BCUT2D eigenvalue weighted by Gasteiger charge is 1.96. The molecule has 0 saturated carbocycles. The van der Waals surface area contributed by atoms with E-state index in [2.05, 4.69) is 6.92 Å². The zero-order valence-electron chi connectivity index (χ0n) is 12.2. The van der Waals surface area contributed by atoms with Gasteiger partial charge in [0.1, 0.15) is 5.75 Å². The average Bonchev–Trinajstić information content (AvgIpc) is 2.45. The lowest BCUT2D eigenvalue weighted by molar-refractivity contribution is -0.131. The topological polar surface area (TPSA) is 46.5 Å². The number of unbranched alkanes of at least 4 members (excludes halogenated alkanes) is 5. The fraction of sp³-hybridized carbons (Fsp3) is 0.471. The Morgan fingerprint density at radius 3 is 2.70 bits per heavy atom. The fourth-order valence-corrected chi connectivity index (χ4v) is 1.95. The van der Waals surface area contributed by atoms with E-state index in [1.807, 2.05) is 24.3 Å². The van der Waals surface area contributed by atoms with Crippen molar-refractivity contribution in [3.05, 3.63) is 35.9 Å². The van der Waals surface area contributed by atoms with Crippen LogP contribution in [-0.2, 0) is 4.79 Å². The summed E-state index contributed by atoms with van der Waals surface area (Å²) in [4.78, 5) is 10.5. The third kappa shape index (κ3) is 7.62. The van der Waals surface area contributed by atoms with E-state index in [0.29, 0.717) is 0 Å². The van der Waals surface area contributed by atoms with Crippen molar-refractivity contribution in [2.75, 3.05) is 6.61 Å². The standard InChI is InChI=1S/C17H24O3/c1-2-3-4-5-6-7-13-20-16-10-8-9-15(14-16)11-12-17(18)19/h8-12,14H,2-7,13H2,1H3,(H,18,19)/b12-11+. The van der Waals surface area contributed by atoms with Crippen LogP contribution in [0.1, 0.15) is 51.0 Å². The molecule has 0 aromatic heterocycles. The lowest BCUT2D eigenvalue weighted by Crippen LogP contribution is -1.97. The highest BCUT2D eigenvalue weighted by Crippen LogP contribution is 2.15. The van der Waals surface area contributed by atoms with Gasteiger partial charge < -0.3 is 9.84 Å². The molecule has 0 aliphatic heterocycles. The van der Waals surface area contributed by atoms with Crippen LogP contribution in [0.4, 0.5) is 0 Å². The van der Waals surface area contributed by atoms with E-state index < -0.39 is 5.97 Å². The van der Waals surface area contributed by atoms with Gasteiger partial charge in [-0.3, -0.25) is 0 Å². The summed E-state index contributed by atoms with van der Waals surface area (Å²) in [5, 5.41) is 8.59. The number of rotatable bonds is 10. The van der Waals surface area contributed by atoms with Crippen molar-refractivity contribution in [1.29, 1.82) is 0 Å². The first-order chi connectivity index (χ1) is 9.72. The first-order valence-electron chi connectivity index (χ1n) is 7.36. The molecule has 0 spiro atoms. The molecule has 0 aliphatic carbocycles. The van der Waals surface area contributed by atoms with Crippen LogP contribution in [0.3, 0.4) is 0 Å². The van der Waals surface area contributed by atoms with Crippen molar-refractivity contribution in [1.82, 2.24) is 0 Å². The van der Waals surface area contributed by atoms with Crippen LogP contribution in [-0.4, -0.2) is 17.7 Å². The quantitative estimate of drug-likeness (QED) is 0.504. The number of carboxylic acids is 1. The molecule has 110 valence electrons. The molecular weight excluding hydrogens is 252 g/mol. The van der Waals surface area contributed by atoms with Crippen molar-refractivity contribution in [3.63, 3.8) is 0 Å². The van der Waals surface area contributed by atoms with Crippen LogP contribution in [0.15, 0.2) is 30.3 Å². The van der Waals surface area contributed by atoms with Crippen molar-refractivity contribution in [2.24, 2.45) is 0 Å². The van der Waals surface area contributed by atoms with Crippen LogP contribution in [0, 0.1) is 0 Å². The van der Waals surface area contributed by atoms with Crippen LogP contribution < -0.4 is 4.74 Å². The number of hydrogen-bond acceptors (Lipinski definition) is 2. The largest absolute Gasteiger partial charge is 0.494 e. The predicted molar refractivity (Wildman–Crippen MR) is 82.0 cm³/mol. The van der Waals surface area contributed by atoms with E-state index in [1.54, 1.807) is 6.08 Å². The fourth-order valence-electron chi connectivity index (χ4n) is 1.95. The Morgan fingerprint density at radius 1 is 1.20 bits per heavy atom. The first kappa shape index (κ1) is 16.3. The Kier molecular flexibility index (Phi) is 8.20. The molecule has 1 N–H and O–H groups in total. The lowest BCUT2D eigenvalue weighted by atomic mass is 10.1. The minimum atomic E-state index is -0.941. The Labute approximate surface area is 121 Å². The third-order valence-electron chi connectivity index (χ3n) is 3.04. The maximum Gasteiger partial charge on any atom is 0.328 e.